The van der Waals surface area contributed by atoms with E-state index in [2.05, 4.69) is 9.97 Å². The predicted molar refractivity (Wildman–Crippen MR) is 50.9 cm³/mol. The number of Topliss-reactive ketones (excluding diaryl/α,β-unsaturated/α-hetero) is 1. The van der Waals surface area contributed by atoms with Crippen LogP contribution in [-0.2, 0) is 4.79 Å². The molecule has 0 saturated heterocycles. The summed E-state index contributed by atoms with van der Waals surface area (Å²) >= 11 is 1.38. The molecule has 0 aliphatic rings. The van der Waals surface area contributed by atoms with Crippen molar-refractivity contribution in [1.29, 1.82) is 0 Å². The molecule has 0 fully saturated rings. The number of thioether (sulfide) groups is 1. The summed E-state index contributed by atoms with van der Waals surface area (Å²) in [7, 11) is 0. The molecule has 1 heterocycles. The SMILES string of the molecule is CC(=O)CCSc1nccc(=O)[nH]1. The van der Waals surface area contributed by atoms with Crippen molar-refractivity contribution in [2.24, 2.45) is 0 Å². The first-order valence-corrected chi connectivity index (χ1v) is 4.84. The summed E-state index contributed by atoms with van der Waals surface area (Å²) in [6.45, 7) is 1.54. The zero-order chi connectivity index (χ0) is 9.68. The van der Waals surface area contributed by atoms with Gasteiger partial charge in [0.2, 0.25) is 0 Å². The van der Waals surface area contributed by atoms with Gasteiger partial charge in [-0.1, -0.05) is 11.8 Å². The van der Waals surface area contributed by atoms with Crippen LogP contribution in [0.15, 0.2) is 22.2 Å². The van der Waals surface area contributed by atoms with Crippen molar-refractivity contribution in [2.75, 3.05) is 5.75 Å². The molecule has 0 aliphatic carbocycles. The number of hydrogen-bond donors (Lipinski definition) is 1. The molecule has 0 atom stereocenters. The number of carbonyl (C=O) groups excluding carboxylic acids is 1. The summed E-state index contributed by atoms with van der Waals surface area (Å²) in [6, 6.07) is 1.36. The van der Waals surface area contributed by atoms with Crippen LogP contribution in [0.1, 0.15) is 13.3 Å². The highest BCUT2D eigenvalue weighted by molar-refractivity contribution is 7.99. The number of ketones is 1. The monoisotopic (exact) mass is 198 g/mol. The molecule has 0 saturated carbocycles. The smallest absolute Gasteiger partial charge is 0.251 e. The highest BCUT2D eigenvalue weighted by Gasteiger charge is 1.97. The normalized spacial score (nSPS) is 9.92. The number of aromatic amines is 1. The first-order chi connectivity index (χ1) is 6.18. The lowest BCUT2D eigenvalue weighted by molar-refractivity contribution is -0.116. The number of hydrogen-bond acceptors (Lipinski definition) is 4. The van der Waals surface area contributed by atoms with Crippen molar-refractivity contribution < 1.29 is 4.79 Å². The summed E-state index contributed by atoms with van der Waals surface area (Å²) in [5.74, 6) is 0.799. The maximum Gasteiger partial charge on any atom is 0.251 e. The van der Waals surface area contributed by atoms with E-state index in [0.29, 0.717) is 17.3 Å². The molecule has 1 rings (SSSR count). The maximum absolute atomic E-state index is 10.8. The third kappa shape index (κ3) is 3.89. The second-order valence-electron chi connectivity index (χ2n) is 2.54. The molecular weight excluding hydrogens is 188 g/mol. The Balaban J connectivity index is 2.45. The van der Waals surface area contributed by atoms with Gasteiger partial charge in [0, 0.05) is 24.4 Å². The predicted octanol–water partition coefficient (Wildman–Crippen LogP) is 0.841. The molecule has 0 aromatic carbocycles. The third-order valence-corrected chi connectivity index (χ3v) is 2.23. The van der Waals surface area contributed by atoms with Crippen LogP contribution in [0.3, 0.4) is 0 Å². The van der Waals surface area contributed by atoms with Crippen molar-refractivity contribution in [1.82, 2.24) is 9.97 Å². The van der Waals surface area contributed by atoms with Gasteiger partial charge >= 0.3 is 0 Å². The Kier molecular flexibility index (Phi) is 3.70. The summed E-state index contributed by atoms with van der Waals surface area (Å²) < 4.78 is 0. The number of H-pyrrole nitrogens is 1. The molecule has 0 radical (unpaired) electrons. The van der Waals surface area contributed by atoms with E-state index < -0.39 is 0 Å². The van der Waals surface area contributed by atoms with E-state index in [0.717, 1.165) is 0 Å². The van der Waals surface area contributed by atoms with E-state index in [1.165, 1.54) is 24.0 Å². The Bertz CT molecular complexity index is 348. The van der Waals surface area contributed by atoms with Crippen LogP contribution in [0, 0.1) is 0 Å². The molecule has 0 aliphatic heterocycles. The van der Waals surface area contributed by atoms with Gasteiger partial charge < -0.3 is 4.98 Å². The number of carbonyl (C=O) groups is 1. The fourth-order valence-electron chi connectivity index (χ4n) is 0.717. The molecule has 13 heavy (non-hydrogen) atoms. The minimum absolute atomic E-state index is 0.144. The van der Waals surface area contributed by atoms with Crippen molar-refractivity contribution >= 4 is 17.5 Å². The molecule has 1 aromatic rings. The Labute approximate surface area is 79.8 Å². The highest BCUT2D eigenvalue weighted by atomic mass is 32.2. The van der Waals surface area contributed by atoms with Crippen LogP contribution in [0.4, 0.5) is 0 Å². The number of aromatic nitrogens is 2. The molecule has 0 spiro atoms. The molecular formula is C8H10N2O2S. The van der Waals surface area contributed by atoms with Gasteiger partial charge in [0.05, 0.1) is 0 Å². The van der Waals surface area contributed by atoms with Crippen LogP contribution in [0.5, 0.6) is 0 Å². The maximum atomic E-state index is 10.8. The van der Waals surface area contributed by atoms with Gasteiger partial charge in [-0.25, -0.2) is 4.98 Å². The minimum atomic E-state index is -0.166. The lowest BCUT2D eigenvalue weighted by Crippen LogP contribution is -2.05. The van der Waals surface area contributed by atoms with E-state index in [1.807, 2.05) is 0 Å². The zero-order valence-electron chi connectivity index (χ0n) is 7.24. The first-order valence-electron chi connectivity index (χ1n) is 3.86. The van der Waals surface area contributed by atoms with Crippen LogP contribution in [0.25, 0.3) is 0 Å². The quantitative estimate of drug-likeness (QED) is 0.575. The van der Waals surface area contributed by atoms with E-state index in [-0.39, 0.29) is 11.3 Å². The van der Waals surface area contributed by atoms with E-state index in [1.54, 1.807) is 6.92 Å². The fraction of sp³-hybridized carbons (Fsp3) is 0.375. The molecule has 1 N–H and O–H groups in total. The summed E-state index contributed by atoms with van der Waals surface area (Å²) in [4.78, 5) is 27.9. The van der Waals surface area contributed by atoms with Crippen LogP contribution >= 0.6 is 11.8 Å². The molecule has 0 amide bonds. The van der Waals surface area contributed by atoms with E-state index in [9.17, 15) is 9.59 Å². The lowest BCUT2D eigenvalue weighted by atomic mass is 10.4. The lowest BCUT2D eigenvalue weighted by Gasteiger charge is -1.96. The van der Waals surface area contributed by atoms with Gasteiger partial charge in [0.25, 0.3) is 5.56 Å². The minimum Gasteiger partial charge on any atom is -0.301 e. The number of rotatable bonds is 4. The number of nitrogens with zero attached hydrogens (tertiary/aromatic N) is 1. The molecule has 70 valence electrons. The van der Waals surface area contributed by atoms with Crippen molar-refractivity contribution in [3.05, 3.63) is 22.6 Å². The number of nitrogens with one attached hydrogen (secondary N) is 1. The van der Waals surface area contributed by atoms with Gasteiger partial charge in [0.1, 0.15) is 5.78 Å². The Morgan fingerprint density at radius 1 is 1.69 bits per heavy atom. The van der Waals surface area contributed by atoms with Gasteiger partial charge in [-0.3, -0.25) is 9.59 Å². The Hall–Kier alpha value is -1.10. The Morgan fingerprint density at radius 3 is 3.08 bits per heavy atom. The van der Waals surface area contributed by atoms with Gasteiger partial charge in [-0.15, -0.1) is 0 Å². The topological polar surface area (TPSA) is 62.8 Å². The largest absolute Gasteiger partial charge is 0.301 e. The average molecular weight is 198 g/mol. The summed E-state index contributed by atoms with van der Waals surface area (Å²) in [5.41, 5.74) is -0.166. The molecule has 0 unspecified atom stereocenters. The van der Waals surface area contributed by atoms with E-state index in [4.69, 9.17) is 0 Å². The second kappa shape index (κ2) is 4.81. The highest BCUT2D eigenvalue weighted by Crippen LogP contribution is 2.10. The van der Waals surface area contributed by atoms with Crippen LogP contribution in [0.2, 0.25) is 0 Å². The van der Waals surface area contributed by atoms with Crippen molar-refractivity contribution in [2.45, 2.75) is 18.5 Å². The standard InChI is InChI=1S/C8H10N2O2S/c1-6(11)3-5-13-8-9-4-2-7(12)10-8/h2,4H,3,5H2,1H3,(H,9,10,12). The van der Waals surface area contributed by atoms with Gasteiger partial charge in [-0.05, 0) is 6.92 Å². The Morgan fingerprint density at radius 2 is 2.46 bits per heavy atom. The van der Waals surface area contributed by atoms with Crippen molar-refractivity contribution in [3.63, 3.8) is 0 Å². The third-order valence-electron chi connectivity index (χ3n) is 1.34. The van der Waals surface area contributed by atoms with Gasteiger partial charge in [-0.2, -0.15) is 0 Å². The fourth-order valence-corrected chi connectivity index (χ4v) is 1.61. The summed E-state index contributed by atoms with van der Waals surface area (Å²) in [5, 5.41) is 0.564. The molecule has 1 aromatic heterocycles. The summed E-state index contributed by atoms with van der Waals surface area (Å²) in [6.07, 6.45) is 1.96. The van der Waals surface area contributed by atoms with Crippen molar-refractivity contribution in [3.8, 4) is 0 Å². The van der Waals surface area contributed by atoms with E-state index >= 15 is 0 Å². The second-order valence-corrected chi connectivity index (χ2v) is 3.62. The molecule has 0 bridgehead atoms. The molecule has 5 heteroatoms. The molecule has 4 nitrogen and oxygen atoms in total. The van der Waals surface area contributed by atoms with Crippen LogP contribution < -0.4 is 5.56 Å². The first kappa shape index (κ1) is 9.98. The zero-order valence-corrected chi connectivity index (χ0v) is 8.06. The van der Waals surface area contributed by atoms with Crippen LogP contribution in [-0.4, -0.2) is 21.5 Å². The van der Waals surface area contributed by atoms with Gasteiger partial charge in [0.15, 0.2) is 5.16 Å². The average Bonchev–Trinajstić information content (AvgIpc) is 2.03.